The third-order valence-corrected chi connectivity index (χ3v) is 4.68. The van der Waals surface area contributed by atoms with E-state index in [1.54, 1.807) is 0 Å². The zero-order valence-corrected chi connectivity index (χ0v) is 13.6. The summed E-state index contributed by atoms with van der Waals surface area (Å²) >= 11 is 0. The van der Waals surface area contributed by atoms with Crippen LogP contribution in [0, 0.1) is 0 Å². The molecule has 0 saturated carbocycles. The van der Waals surface area contributed by atoms with Crippen LogP contribution in [0.15, 0.2) is 48.7 Å². The third kappa shape index (κ3) is 2.81. The van der Waals surface area contributed by atoms with E-state index in [1.165, 1.54) is 22.1 Å². The molecular formula is C20H21N3O. The minimum absolute atomic E-state index is 0.0486. The lowest BCUT2D eigenvalue weighted by Crippen LogP contribution is -2.31. The second-order valence-electron chi connectivity index (χ2n) is 6.25. The van der Waals surface area contributed by atoms with Crippen molar-refractivity contribution in [2.75, 3.05) is 13.1 Å². The van der Waals surface area contributed by atoms with Gasteiger partial charge in [0.2, 0.25) is 0 Å². The van der Waals surface area contributed by atoms with Gasteiger partial charge in [0.25, 0.3) is 5.91 Å². The summed E-state index contributed by atoms with van der Waals surface area (Å²) in [5, 5.41) is 7.66. The van der Waals surface area contributed by atoms with Gasteiger partial charge in [0.1, 0.15) is 0 Å². The molecule has 1 aliphatic rings. The van der Waals surface area contributed by atoms with Gasteiger partial charge in [0, 0.05) is 35.8 Å². The molecule has 4 heteroatoms. The van der Waals surface area contributed by atoms with Crippen LogP contribution in [0.3, 0.4) is 0 Å². The molecule has 1 amide bonds. The van der Waals surface area contributed by atoms with Crippen LogP contribution < -0.4 is 10.6 Å². The first-order valence-electron chi connectivity index (χ1n) is 8.47. The Morgan fingerprint density at radius 1 is 1.08 bits per heavy atom. The lowest BCUT2D eigenvalue weighted by molar-refractivity contribution is 0.0946. The van der Waals surface area contributed by atoms with Gasteiger partial charge in [0.05, 0.1) is 0 Å². The highest BCUT2D eigenvalue weighted by molar-refractivity contribution is 6.02. The number of benzene rings is 2. The number of fused-ring (bicyclic) bond motifs is 3. The minimum Gasteiger partial charge on any atom is -0.361 e. The fourth-order valence-corrected chi connectivity index (χ4v) is 3.49. The Kier molecular flexibility index (Phi) is 4.05. The second-order valence-corrected chi connectivity index (χ2v) is 6.25. The number of nitrogens with one attached hydrogen (secondary N) is 3. The summed E-state index contributed by atoms with van der Waals surface area (Å²) in [7, 11) is 0. The van der Waals surface area contributed by atoms with Crippen molar-refractivity contribution < 1.29 is 4.79 Å². The van der Waals surface area contributed by atoms with Crippen LogP contribution in [0.5, 0.6) is 0 Å². The number of rotatable bonds is 5. The number of amides is 1. The molecular weight excluding hydrogens is 298 g/mol. The Morgan fingerprint density at radius 3 is 2.83 bits per heavy atom. The smallest absolute Gasteiger partial charge is 0.251 e. The topological polar surface area (TPSA) is 56.9 Å². The zero-order chi connectivity index (χ0) is 16.4. The first-order chi connectivity index (χ1) is 11.8. The van der Waals surface area contributed by atoms with Crippen LogP contribution >= 0.6 is 0 Å². The quantitative estimate of drug-likeness (QED) is 0.633. The molecule has 4 rings (SSSR count). The molecule has 0 saturated heterocycles. The van der Waals surface area contributed by atoms with Crippen molar-refractivity contribution in [3.05, 3.63) is 70.9 Å². The van der Waals surface area contributed by atoms with Crippen LogP contribution in [-0.2, 0) is 19.4 Å². The van der Waals surface area contributed by atoms with Crippen molar-refractivity contribution in [1.82, 2.24) is 15.6 Å². The van der Waals surface area contributed by atoms with E-state index in [0.717, 1.165) is 43.6 Å². The molecule has 1 aliphatic heterocycles. The highest BCUT2D eigenvalue weighted by Gasteiger charge is 2.20. The number of hydrogen-bond donors (Lipinski definition) is 3. The molecule has 3 N–H and O–H groups in total. The molecule has 0 unspecified atom stereocenters. The summed E-state index contributed by atoms with van der Waals surface area (Å²) in [4.78, 5) is 15.4. The average Bonchev–Trinajstić information content (AvgIpc) is 3.04. The summed E-state index contributed by atoms with van der Waals surface area (Å²) in [5.41, 5.74) is 5.73. The van der Waals surface area contributed by atoms with Gasteiger partial charge in [-0.15, -0.1) is 0 Å². The molecule has 1 aromatic heterocycles. The Balaban J connectivity index is 1.50. The van der Waals surface area contributed by atoms with Crippen molar-refractivity contribution in [1.29, 1.82) is 0 Å². The number of carbonyl (C=O) groups excluding carboxylic acids is 1. The lowest BCUT2D eigenvalue weighted by Gasteiger charge is -2.18. The molecule has 2 aromatic carbocycles. The van der Waals surface area contributed by atoms with Gasteiger partial charge in [-0.05, 0) is 48.2 Å². The van der Waals surface area contributed by atoms with E-state index in [2.05, 4.69) is 46.1 Å². The van der Waals surface area contributed by atoms with E-state index in [1.807, 2.05) is 18.2 Å². The molecule has 24 heavy (non-hydrogen) atoms. The fourth-order valence-electron chi connectivity index (χ4n) is 3.49. The normalized spacial score (nSPS) is 13.8. The molecule has 0 bridgehead atoms. The van der Waals surface area contributed by atoms with Gasteiger partial charge in [-0.1, -0.05) is 30.3 Å². The second kappa shape index (κ2) is 6.49. The largest absolute Gasteiger partial charge is 0.361 e. The Bertz CT molecular complexity index is 867. The Morgan fingerprint density at radius 2 is 1.96 bits per heavy atom. The zero-order valence-electron chi connectivity index (χ0n) is 13.6. The van der Waals surface area contributed by atoms with E-state index in [-0.39, 0.29) is 5.91 Å². The summed E-state index contributed by atoms with van der Waals surface area (Å²) in [5.74, 6) is 0.0486. The highest BCUT2D eigenvalue weighted by atomic mass is 16.1. The first kappa shape index (κ1) is 15.0. The maximum atomic E-state index is 12.0. The number of aromatic nitrogens is 1. The van der Waals surface area contributed by atoms with Crippen LogP contribution in [0.4, 0.5) is 0 Å². The van der Waals surface area contributed by atoms with Crippen molar-refractivity contribution in [3.8, 4) is 0 Å². The molecule has 0 spiro atoms. The van der Waals surface area contributed by atoms with E-state index in [0.29, 0.717) is 0 Å². The van der Waals surface area contributed by atoms with Crippen molar-refractivity contribution in [2.24, 2.45) is 0 Å². The van der Waals surface area contributed by atoms with Crippen LogP contribution in [0.25, 0.3) is 10.9 Å². The van der Waals surface area contributed by atoms with E-state index in [9.17, 15) is 4.79 Å². The third-order valence-electron chi connectivity index (χ3n) is 4.68. The molecule has 4 nitrogen and oxygen atoms in total. The summed E-state index contributed by atoms with van der Waals surface area (Å²) < 4.78 is 0. The fraction of sp³-hybridized carbons (Fsp3) is 0.250. The number of hydrogen-bond acceptors (Lipinski definition) is 2. The average molecular weight is 319 g/mol. The first-order valence-corrected chi connectivity index (χ1v) is 8.47. The van der Waals surface area contributed by atoms with E-state index >= 15 is 0 Å². The monoisotopic (exact) mass is 319 g/mol. The Labute approximate surface area is 141 Å². The predicted molar refractivity (Wildman–Crippen MR) is 96.2 cm³/mol. The molecule has 0 aliphatic carbocycles. The molecule has 3 aromatic rings. The van der Waals surface area contributed by atoms with Crippen molar-refractivity contribution in [3.63, 3.8) is 0 Å². The lowest BCUT2D eigenvalue weighted by atomic mass is 9.94. The van der Waals surface area contributed by atoms with Gasteiger partial charge < -0.3 is 15.6 Å². The maximum Gasteiger partial charge on any atom is 0.251 e. The summed E-state index contributed by atoms with van der Waals surface area (Å²) in [6, 6.07) is 14.4. The van der Waals surface area contributed by atoms with Gasteiger partial charge in [0.15, 0.2) is 0 Å². The molecule has 0 fully saturated rings. The Hall–Kier alpha value is -2.59. The van der Waals surface area contributed by atoms with Gasteiger partial charge in [-0.25, -0.2) is 0 Å². The maximum absolute atomic E-state index is 12.0. The van der Waals surface area contributed by atoms with Crippen LogP contribution in [0.1, 0.15) is 27.0 Å². The molecule has 0 radical (unpaired) electrons. The van der Waals surface area contributed by atoms with Crippen LogP contribution in [0.2, 0.25) is 0 Å². The molecule has 2 heterocycles. The highest BCUT2D eigenvalue weighted by Crippen LogP contribution is 2.28. The van der Waals surface area contributed by atoms with E-state index < -0.39 is 0 Å². The van der Waals surface area contributed by atoms with Gasteiger partial charge >= 0.3 is 0 Å². The predicted octanol–water partition coefficient (Wildman–Crippen LogP) is 2.79. The summed E-state index contributed by atoms with van der Waals surface area (Å²) in [6.45, 7) is 2.52. The van der Waals surface area contributed by atoms with E-state index in [4.69, 9.17) is 0 Å². The summed E-state index contributed by atoms with van der Waals surface area (Å²) in [6.07, 6.45) is 3.94. The van der Waals surface area contributed by atoms with Gasteiger partial charge in [-0.3, -0.25) is 4.79 Å². The molecule has 0 atom stereocenters. The number of carbonyl (C=O) groups is 1. The van der Waals surface area contributed by atoms with Gasteiger partial charge in [-0.2, -0.15) is 0 Å². The minimum atomic E-state index is 0.0486. The standard InChI is InChI=1S/C20H21N3O/c24-20-17-6-7-18-19(16(17)9-11-22-20)15(13-23-18)8-10-21-12-14-4-2-1-3-5-14/h1-7,13,21,23H,8-12H2,(H,22,24). The molecule has 122 valence electrons. The number of H-pyrrole nitrogens is 1. The van der Waals surface area contributed by atoms with Crippen LogP contribution in [-0.4, -0.2) is 24.0 Å². The van der Waals surface area contributed by atoms with Crippen molar-refractivity contribution >= 4 is 16.8 Å². The SMILES string of the molecule is O=C1NCCc2c1ccc1[nH]cc(CCNCc3ccccc3)c21. The van der Waals surface area contributed by atoms with Crippen molar-refractivity contribution in [2.45, 2.75) is 19.4 Å². The number of aromatic amines is 1.